The zero-order valence-electron chi connectivity index (χ0n) is 22.5. The summed E-state index contributed by atoms with van der Waals surface area (Å²) in [4.78, 5) is 28.5. The Balaban J connectivity index is 1.55. The van der Waals surface area contributed by atoms with E-state index < -0.39 is 5.60 Å². The molecule has 2 aliphatic heterocycles. The van der Waals surface area contributed by atoms with Gasteiger partial charge in [0, 0.05) is 48.9 Å². The summed E-state index contributed by atoms with van der Waals surface area (Å²) >= 11 is 0. The molecule has 1 fully saturated rings. The van der Waals surface area contributed by atoms with Crippen LogP contribution in [0.5, 0.6) is 5.75 Å². The molecule has 1 atom stereocenters. The van der Waals surface area contributed by atoms with Crippen LogP contribution in [0.4, 0.5) is 10.5 Å². The average Bonchev–Trinajstić information content (AvgIpc) is 3.31. The number of anilines is 1. The van der Waals surface area contributed by atoms with Crippen LogP contribution in [0.2, 0.25) is 0 Å². The maximum atomic E-state index is 12.4. The summed E-state index contributed by atoms with van der Waals surface area (Å²) in [6.07, 6.45) is 8.09. The molecule has 0 N–H and O–H groups in total. The first-order chi connectivity index (χ1) is 17.1. The number of aromatic nitrogens is 2. The third-order valence-electron chi connectivity index (χ3n) is 6.94. The summed E-state index contributed by atoms with van der Waals surface area (Å²) in [6, 6.07) is 4.51. The van der Waals surface area contributed by atoms with E-state index in [-0.39, 0.29) is 24.1 Å². The Kier molecular flexibility index (Phi) is 7.62. The van der Waals surface area contributed by atoms with Crippen molar-refractivity contribution in [2.24, 2.45) is 0 Å². The highest BCUT2D eigenvalue weighted by Gasteiger charge is 2.31. The number of nitrogens with zero attached hydrogens (tertiary/aromatic N) is 4. The molecule has 0 radical (unpaired) electrons. The van der Waals surface area contributed by atoms with Gasteiger partial charge in [0.2, 0.25) is 5.91 Å². The maximum absolute atomic E-state index is 12.4. The minimum Gasteiger partial charge on any atom is -0.493 e. The summed E-state index contributed by atoms with van der Waals surface area (Å²) in [5.41, 5.74) is 3.59. The van der Waals surface area contributed by atoms with Crippen LogP contribution in [-0.2, 0) is 16.0 Å². The van der Waals surface area contributed by atoms with E-state index in [1.807, 2.05) is 36.5 Å². The fourth-order valence-corrected chi connectivity index (χ4v) is 5.20. The third kappa shape index (κ3) is 5.52. The van der Waals surface area contributed by atoms with Crippen molar-refractivity contribution in [1.29, 1.82) is 0 Å². The molecule has 0 spiro atoms. The predicted octanol–water partition coefficient (Wildman–Crippen LogP) is 5.60. The summed E-state index contributed by atoms with van der Waals surface area (Å²) < 4.78 is 13.9. The van der Waals surface area contributed by atoms with Crippen LogP contribution in [0.3, 0.4) is 0 Å². The molecule has 196 valence electrons. The molecule has 2 aliphatic rings. The van der Waals surface area contributed by atoms with E-state index in [9.17, 15) is 9.59 Å². The van der Waals surface area contributed by atoms with Gasteiger partial charge in [-0.05, 0) is 71.9 Å². The Morgan fingerprint density at radius 1 is 1.14 bits per heavy atom. The number of benzene rings is 1. The van der Waals surface area contributed by atoms with Crippen molar-refractivity contribution in [3.8, 4) is 16.9 Å². The zero-order chi connectivity index (χ0) is 26.0. The lowest BCUT2D eigenvalue weighted by molar-refractivity contribution is -0.117. The first-order valence-electron chi connectivity index (χ1n) is 13.2. The van der Waals surface area contributed by atoms with Crippen LogP contribution in [0, 0.1) is 0 Å². The number of hydrogen-bond donors (Lipinski definition) is 0. The van der Waals surface area contributed by atoms with Gasteiger partial charge in [-0.1, -0.05) is 6.92 Å². The standard InChI is InChI=1S/C28H40N4O4/c1-7-16-35-26-23(10-11-25-24(26)9-8-19(2)32(25)20(3)33)21-17-29-31(18-21)22-12-14-30(15-13-22)27(34)36-28(4,5)6/h10-11,17-19,22H,7-9,12-16H2,1-6H3. The van der Waals surface area contributed by atoms with E-state index in [4.69, 9.17) is 14.6 Å². The highest BCUT2D eigenvalue weighted by atomic mass is 16.6. The molecule has 4 rings (SSSR count). The lowest BCUT2D eigenvalue weighted by Gasteiger charge is -2.36. The molecule has 0 aliphatic carbocycles. The van der Waals surface area contributed by atoms with Gasteiger partial charge in [-0.3, -0.25) is 9.48 Å². The summed E-state index contributed by atoms with van der Waals surface area (Å²) in [6.45, 7) is 13.4. The van der Waals surface area contributed by atoms with Gasteiger partial charge in [0.1, 0.15) is 11.4 Å². The molecule has 8 heteroatoms. The number of rotatable bonds is 5. The van der Waals surface area contributed by atoms with E-state index >= 15 is 0 Å². The fraction of sp³-hybridized carbons (Fsp3) is 0.607. The Morgan fingerprint density at radius 3 is 2.50 bits per heavy atom. The monoisotopic (exact) mass is 496 g/mol. The molecule has 8 nitrogen and oxygen atoms in total. The molecule has 1 aromatic heterocycles. The lowest BCUT2D eigenvalue weighted by Crippen LogP contribution is -2.42. The topological polar surface area (TPSA) is 76.9 Å². The molecule has 2 amide bonds. The number of fused-ring (bicyclic) bond motifs is 1. The smallest absolute Gasteiger partial charge is 0.410 e. The van der Waals surface area contributed by atoms with Gasteiger partial charge in [0.25, 0.3) is 0 Å². The SMILES string of the molecule is CCCOc1c(-c2cnn(C3CCN(C(=O)OC(C)(C)C)CC3)c2)ccc2c1CCC(C)N2C(C)=O. The third-order valence-corrected chi connectivity index (χ3v) is 6.94. The van der Waals surface area contributed by atoms with Crippen LogP contribution in [0.1, 0.15) is 78.8 Å². The van der Waals surface area contributed by atoms with Crippen molar-refractivity contribution in [1.82, 2.24) is 14.7 Å². The number of ether oxygens (including phenoxy) is 2. The number of amides is 2. The molecular formula is C28H40N4O4. The van der Waals surface area contributed by atoms with Crippen molar-refractivity contribution in [3.63, 3.8) is 0 Å². The van der Waals surface area contributed by atoms with E-state index in [1.54, 1.807) is 11.8 Å². The molecule has 2 aromatic rings. The van der Waals surface area contributed by atoms with Crippen LogP contribution < -0.4 is 9.64 Å². The van der Waals surface area contributed by atoms with Crippen LogP contribution in [0.15, 0.2) is 24.5 Å². The van der Waals surface area contributed by atoms with Gasteiger partial charge >= 0.3 is 6.09 Å². The van der Waals surface area contributed by atoms with Gasteiger partial charge in [-0.15, -0.1) is 0 Å². The van der Waals surface area contributed by atoms with Crippen molar-refractivity contribution in [2.75, 3.05) is 24.6 Å². The zero-order valence-corrected chi connectivity index (χ0v) is 22.5. The van der Waals surface area contributed by atoms with Crippen molar-refractivity contribution < 1.29 is 19.1 Å². The first-order valence-corrected chi connectivity index (χ1v) is 13.2. The van der Waals surface area contributed by atoms with E-state index in [0.29, 0.717) is 19.7 Å². The second kappa shape index (κ2) is 10.5. The van der Waals surface area contributed by atoms with Crippen LogP contribution in [-0.4, -0.2) is 58.0 Å². The minimum atomic E-state index is -0.489. The van der Waals surface area contributed by atoms with Gasteiger partial charge in [0.05, 0.1) is 24.5 Å². The van der Waals surface area contributed by atoms with Crippen molar-refractivity contribution in [3.05, 3.63) is 30.1 Å². The van der Waals surface area contributed by atoms with Crippen LogP contribution >= 0.6 is 0 Å². The number of carbonyl (C=O) groups is 2. The largest absolute Gasteiger partial charge is 0.493 e. The van der Waals surface area contributed by atoms with Crippen molar-refractivity contribution in [2.45, 2.75) is 91.3 Å². The minimum absolute atomic E-state index is 0.0585. The first kappa shape index (κ1) is 26.0. The van der Waals surface area contributed by atoms with Gasteiger partial charge < -0.3 is 19.3 Å². The number of hydrogen-bond acceptors (Lipinski definition) is 5. The average molecular weight is 497 g/mol. The molecule has 3 heterocycles. The molecule has 0 bridgehead atoms. The summed E-state index contributed by atoms with van der Waals surface area (Å²) in [5.74, 6) is 0.926. The fourth-order valence-electron chi connectivity index (χ4n) is 5.20. The van der Waals surface area contributed by atoms with E-state index in [2.05, 4.69) is 32.2 Å². The highest BCUT2D eigenvalue weighted by molar-refractivity contribution is 5.95. The Bertz CT molecular complexity index is 1100. The lowest BCUT2D eigenvalue weighted by atomic mass is 9.92. The maximum Gasteiger partial charge on any atom is 0.410 e. The Labute approximate surface area is 214 Å². The van der Waals surface area contributed by atoms with E-state index in [0.717, 1.165) is 60.2 Å². The number of likely N-dealkylation sites (tertiary alicyclic amines) is 1. The normalized spacial score (nSPS) is 18.7. The number of piperidine rings is 1. The molecule has 0 saturated carbocycles. The van der Waals surface area contributed by atoms with Gasteiger partial charge in [0.15, 0.2) is 0 Å². The Hall–Kier alpha value is -3.03. The molecule has 1 saturated heterocycles. The Morgan fingerprint density at radius 2 is 1.86 bits per heavy atom. The van der Waals surface area contributed by atoms with Gasteiger partial charge in [-0.2, -0.15) is 5.10 Å². The molecule has 36 heavy (non-hydrogen) atoms. The highest BCUT2D eigenvalue weighted by Crippen LogP contribution is 2.43. The molecule has 1 aromatic carbocycles. The molecule has 1 unspecified atom stereocenters. The predicted molar refractivity (Wildman–Crippen MR) is 140 cm³/mol. The van der Waals surface area contributed by atoms with E-state index in [1.165, 1.54) is 0 Å². The second-order valence-electron chi connectivity index (χ2n) is 11.0. The quantitative estimate of drug-likeness (QED) is 0.539. The summed E-state index contributed by atoms with van der Waals surface area (Å²) in [5, 5.41) is 4.70. The van der Waals surface area contributed by atoms with Crippen molar-refractivity contribution >= 4 is 17.7 Å². The second-order valence-corrected chi connectivity index (χ2v) is 11.0. The molecular weight excluding hydrogens is 456 g/mol. The summed E-state index contributed by atoms with van der Waals surface area (Å²) in [7, 11) is 0. The van der Waals surface area contributed by atoms with Crippen LogP contribution in [0.25, 0.3) is 11.1 Å². The van der Waals surface area contributed by atoms with Gasteiger partial charge in [-0.25, -0.2) is 4.79 Å². The number of carbonyl (C=O) groups excluding carboxylic acids is 2.